The zero-order chi connectivity index (χ0) is 8.74. The molecule has 0 unspecified atom stereocenters. The van der Waals surface area contributed by atoms with E-state index in [1.54, 1.807) is 0 Å². The Morgan fingerprint density at radius 3 is 2.27 bits per heavy atom. The van der Waals surface area contributed by atoms with Gasteiger partial charge in [-0.15, -0.1) is 11.6 Å². The van der Waals surface area contributed by atoms with Crippen molar-refractivity contribution in [2.75, 3.05) is 5.88 Å². The first kappa shape index (κ1) is 10.8. The second kappa shape index (κ2) is 5.47. The van der Waals surface area contributed by atoms with Crippen molar-refractivity contribution in [2.24, 2.45) is 0 Å². The lowest BCUT2D eigenvalue weighted by molar-refractivity contribution is -0.0800. The number of alkyl halides is 4. The predicted molar refractivity (Wildman–Crippen MR) is 39.8 cm³/mol. The molecule has 66 valence electrons. The van der Waals surface area contributed by atoms with Crippen molar-refractivity contribution in [1.82, 2.24) is 0 Å². The largest absolute Gasteiger partial charge is 0.409 e. The highest BCUT2D eigenvalue weighted by atomic mass is 35.5. The molecule has 0 aliphatic carbocycles. The molecule has 0 aromatic carbocycles. The molecule has 0 radical (unpaired) electrons. The quantitative estimate of drug-likeness (QED) is 0.358. The molecule has 0 amide bonds. The van der Waals surface area contributed by atoms with Crippen LogP contribution in [0.5, 0.6) is 0 Å². The molecule has 0 aliphatic heterocycles. The highest BCUT2D eigenvalue weighted by molar-refractivity contribution is 6.17. The van der Waals surface area contributed by atoms with Crippen molar-refractivity contribution in [1.29, 1.82) is 0 Å². The minimum atomic E-state index is -4.17. The second-order valence-electron chi connectivity index (χ2n) is 2.13. The van der Waals surface area contributed by atoms with E-state index in [0.717, 1.165) is 18.9 Å². The van der Waals surface area contributed by atoms with Gasteiger partial charge in [-0.05, 0) is 19.3 Å². The number of rotatable bonds is 4. The third-order valence-corrected chi connectivity index (χ3v) is 1.33. The van der Waals surface area contributed by atoms with E-state index in [1.165, 1.54) is 0 Å². The van der Waals surface area contributed by atoms with E-state index >= 15 is 0 Å². The van der Waals surface area contributed by atoms with Crippen LogP contribution in [0, 0.1) is 0 Å². The molecular formula is C7H10ClF3. The summed E-state index contributed by atoms with van der Waals surface area (Å²) in [6.45, 7) is 0. The molecule has 0 rings (SSSR count). The Hall–Kier alpha value is -0.180. The van der Waals surface area contributed by atoms with Gasteiger partial charge in [0.15, 0.2) is 0 Å². The molecule has 4 heteroatoms. The van der Waals surface area contributed by atoms with Crippen LogP contribution >= 0.6 is 11.6 Å². The van der Waals surface area contributed by atoms with Crippen LogP contribution in [-0.2, 0) is 0 Å². The van der Waals surface area contributed by atoms with Gasteiger partial charge in [-0.2, -0.15) is 13.2 Å². The Kier molecular flexibility index (Phi) is 5.38. The molecule has 0 heterocycles. The normalized spacial score (nSPS) is 12.7. The van der Waals surface area contributed by atoms with Crippen molar-refractivity contribution in [3.63, 3.8) is 0 Å². The third-order valence-electron chi connectivity index (χ3n) is 1.06. The van der Waals surface area contributed by atoms with Crippen LogP contribution in [0.1, 0.15) is 19.3 Å². The lowest BCUT2D eigenvalue weighted by Gasteiger charge is -1.96. The second-order valence-corrected chi connectivity index (χ2v) is 2.51. The van der Waals surface area contributed by atoms with Gasteiger partial charge >= 0.3 is 6.18 Å². The van der Waals surface area contributed by atoms with Crippen molar-refractivity contribution in [2.45, 2.75) is 25.4 Å². The van der Waals surface area contributed by atoms with Gasteiger partial charge in [0, 0.05) is 12.0 Å². The van der Waals surface area contributed by atoms with Crippen LogP contribution in [0.4, 0.5) is 13.2 Å². The summed E-state index contributed by atoms with van der Waals surface area (Å²) in [5.41, 5.74) is 0. The maximum absolute atomic E-state index is 11.5. The fourth-order valence-electron chi connectivity index (χ4n) is 0.574. The average molecular weight is 187 g/mol. The van der Waals surface area contributed by atoms with Crippen LogP contribution in [0.3, 0.4) is 0 Å². The zero-order valence-electron chi connectivity index (χ0n) is 5.99. The number of hydrogen-bond donors (Lipinski definition) is 0. The van der Waals surface area contributed by atoms with Gasteiger partial charge in [-0.1, -0.05) is 6.08 Å². The summed E-state index contributed by atoms with van der Waals surface area (Å²) < 4.78 is 34.4. The summed E-state index contributed by atoms with van der Waals surface area (Å²) in [5, 5.41) is 0. The van der Waals surface area contributed by atoms with E-state index in [4.69, 9.17) is 11.6 Å². The summed E-state index contributed by atoms with van der Waals surface area (Å²) in [6, 6.07) is 0. The lowest BCUT2D eigenvalue weighted by atomic mass is 10.2. The van der Waals surface area contributed by atoms with E-state index in [-0.39, 0.29) is 6.08 Å². The number of hydrogen-bond acceptors (Lipinski definition) is 0. The molecule has 11 heavy (non-hydrogen) atoms. The van der Waals surface area contributed by atoms with Crippen LogP contribution in [0.25, 0.3) is 0 Å². The summed E-state index contributed by atoms with van der Waals surface area (Å²) in [7, 11) is 0. The van der Waals surface area contributed by atoms with Gasteiger partial charge in [-0.3, -0.25) is 0 Å². The molecule has 0 aromatic rings. The third kappa shape index (κ3) is 9.82. The summed E-state index contributed by atoms with van der Waals surface area (Å²) >= 11 is 5.32. The van der Waals surface area contributed by atoms with Gasteiger partial charge < -0.3 is 0 Å². The fraction of sp³-hybridized carbons (Fsp3) is 0.714. The molecule has 0 bridgehead atoms. The topological polar surface area (TPSA) is 0 Å². The van der Waals surface area contributed by atoms with Gasteiger partial charge in [0.2, 0.25) is 0 Å². The van der Waals surface area contributed by atoms with Gasteiger partial charge in [0.05, 0.1) is 0 Å². The van der Waals surface area contributed by atoms with E-state index in [2.05, 4.69) is 0 Å². The molecule has 0 saturated carbocycles. The first-order valence-electron chi connectivity index (χ1n) is 3.36. The van der Waals surface area contributed by atoms with Crippen molar-refractivity contribution >= 4 is 11.6 Å². The first-order chi connectivity index (χ1) is 5.06. The van der Waals surface area contributed by atoms with Gasteiger partial charge in [0.25, 0.3) is 0 Å². The zero-order valence-corrected chi connectivity index (χ0v) is 6.75. The summed E-state index contributed by atoms with van der Waals surface area (Å²) in [5.74, 6) is 0.514. The molecule has 0 nitrogen and oxygen atoms in total. The van der Waals surface area contributed by atoms with E-state index < -0.39 is 6.18 Å². The standard InChI is InChI=1S/C7H10ClF3/c8-6-4-2-1-3-5-7(9,10)11/h3,5H,1-2,4,6H2/b5-3+. The van der Waals surface area contributed by atoms with Gasteiger partial charge in [-0.25, -0.2) is 0 Å². The highest BCUT2D eigenvalue weighted by Crippen LogP contribution is 2.16. The van der Waals surface area contributed by atoms with E-state index in [0.29, 0.717) is 12.3 Å². The van der Waals surface area contributed by atoms with Crippen molar-refractivity contribution in [3.8, 4) is 0 Å². The molecule has 0 spiro atoms. The number of allylic oxidation sites excluding steroid dienone is 2. The molecule has 0 fully saturated rings. The van der Waals surface area contributed by atoms with E-state index in [9.17, 15) is 13.2 Å². The monoisotopic (exact) mass is 186 g/mol. The maximum atomic E-state index is 11.5. The molecule has 0 N–H and O–H groups in total. The van der Waals surface area contributed by atoms with Crippen LogP contribution < -0.4 is 0 Å². The molecule has 0 atom stereocenters. The average Bonchev–Trinajstić information content (AvgIpc) is 1.85. The minimum absolute atomic E-state index is 0.265. The summed E-state index contributed by atoms with van der Waals surface area (Å²) in [4.78, 5) is 0. The van der Waals surface area contributed by atoms with E-state index in [1.807, 2.05) is 0 Å². The summed E-state index contributed by atoms with van der Waals surface area (Å²) in [6.07, 6.45) is -0.833. The van der Waals surface area contributed by atoms with Crippen LogP contribution in [0.2, 0.25) is 0 Å². The lowest BCUT2D eigenvalue weighted by Crippen LogP contribution is -2.00. The Morgan fingerprint density at radius 1 is 1.18 bits per heavy atom. The molecule has 0 aliphatic rings. The number of halogens is 4. The van der Waals surface area contributed by atoms with Crippen LogP contribution in [-0.4, -0.2) is 12.1 Å². The Bertz CT molecular complexity index is 117. The SMILES string of the molecule is FC(F)(F)/C=C/CCCCCl. The Morgan fingerprint density at radius 2 is 1.82 bits per heavy atom. The van der Waals surface area contributed by atoms with Crippen molar-refractivity contribution < 1.29 is 13.2 Å². The fourth-order valence-corrected chi connectivity index (χ4v) is 0.763. The van der Waals surface area contributed by atoms with Gasteiger partial charge in [0.1, 0.15) is 0 Å². The maximum Gasteiger partial charge on any atom is 0.409 e. The molecular weight excluding hydrogens is 177 g/mol. The Balaban J connectivity index is 3.30. The highest BCUT2D eigenvalue weighted by Gasteiger charge is 2.21. The molecule has 0 saturated heterocycles. The smallest absolute Gasteiger partial charge is 0.167 e. The van der Waals surface area contributed by atoms with Crippen LogP contribution in [0.15, 0.2) is 12.2 Å². The molecule has 0 aromatic heterocycles. The minimum Gasteiger partial charge on any atom is -0.167 e. The number of unbranched alkanes of at least 4 members (excludes halogenated alkanes) is 2. The first-order valence-corrected chi connectivity index (χ1v) is 3.90. The Labute approximate surface area is 69.0 Å². The predicted octanol–water partition coefficient (Wildman–Crippen LogP) is 3.51. The van der Waals surface area contributed by atoms with Crippen molar-refractivity contribution in [3.05, 3.63) is 12.2 Å².